The summed E-state index contributed by atoms with van der Waals surface area (Å²) in [6.07, 6.45) is 3.96. The molecule has 3 aromatic rings. The second-order valence-corrected chi connectivity index (χ2v) is 8.74. The van der Waals surface area contributed by atoms with Gasteiger partial charge in [-0.3, -0.25) is 9.78 Å². The SMILES string of the molecule is CCN(CC)S(=O)(=O)c1ccc2c(c1)nc(CCC(=O)Nc1cccnc1)n2CC. The lowest BCUT2D eigenvalue weighted by molar-refractivity contribution is -0.116. The summed E-state index contributed by atoms with van der Waals surface area (Å²) in [5, 5.41) is 2.81. The van der Waals surface area contributed by atoms with Crippen molar-refractivity contribution >= 4 is 32.7 Å². The van der Waals surface area contributed by atoms with Crippen LogP contribution in [0, 0.1) is 0 Å². The molecule has 1 amide bonds. The summed E-state index contributed by atoms with van der Waals surface area (Å²) in [5.41, 5.74) is 2.13. The molecule has 0 saturated carbocycles. The van der Waals surface area contributed by atoms with E-state index in [9.17, 15) is 13.2 Å². The number of carbonyl (C=O) groups is 1. The number of hydrogen-bond acceptors (Lipinski definition) is 5. The van der Waals surface area contributed by atoms with Gasteiger partial charge in [-0.2, -0.15) is 4.31 Å². The molecule has 8 nitrogen and oxygen atoms in total. The molecule has 3 rings (SSSR count). The number of anilines is 1. The lowest BCUT2D eigenvalue weighted by Crippen LogP contribution is -2.30. The van der Waals surface area contributed by atoms with Gasteiger partial charge in [0.1, 0.15) is 5.82 Å². The van der Waals surface area contributed by atoms with E-state index in [-0.39, 0.29) is 17.2 Å². The number of fused-ring (bicyclic) bond motifs is 1. The highest BCUT2D eigenvalue weighted by Crippen LogP contribution is 2.23. The highest BCUT2D eigenvalue weighted by atomic mass is 32.2. The Kier molecular flexibility index (Phi) is 6.84. The molecule has 9 heteroatoms. The highest BCUT2D eigenvalue weighted by Gasteiger charge is 2.23. The van der Waals surface area contributed by atoms with Crippen molar-refractivity contribution in [2.75, 3.05) is 18.4 Å². The molecule has 0 spiro atoms. The summed E-state index contributed by atoms with van der Waals surface area (Å²) in [6.45, 7) is 7.15. The average Bonchev–Trinajstić information content (AvgIpc) is 3.10. The first-order valence-corrected chi connectivity index (χ1v) is 11.5. The van der Waals surface area contributed by atoms with Gasteiger partial charge in [-0.15, -0.1) is 0 Å². The smallest absolute Gasteiger partial charge is 0.243 e. The number of amides is 1. The Morgan fingerprint density at radius 3 is 2.57 bits per heavy atom. The predicted octanol–water partition coefficient (Wildman–Crippen LogP) is 3.05. The summed E-state index contributed by atoms with van der Waals surface area (Å²) in [5.74, 6) is 0.633. The topological polar surface area (TPSA) is 97.2 Å². The van der Waals surface area contributed by atoms with Crippen molar-refractivity contribution in [2.45, 2.75) is 45.1 Å². The van der Waals surface area contributed by atoms with Crippen LogP contribution in [0.4, 0.5) is 5.69 Å². The standard InChI is InChI=1S/C21H27N5O3S/c1-4-25(5-2)30(28,29)17-9-10-19-18(14-17)24-20(26(19)6-3)11-12-21(27)23-16-8-7-13-22-15-16/h7-10,13-15H,4-6,11-12H2,1-3H3,(H,23,27). The molecule has 2 aromatic heterocycles. The zero-order valence-corrected chi connectivity index (χ0v) is 18.3. The van der Waals surface area contributed by atoms with Crippen LogP contribution in [0.3, 0.4) is 0 Å². The Bertz CT molecular complexity index is 1120. The average molecular weight is 430 g/mol. The summed E-state index contributed by atoms with van der Waals surface area (Å²) in [4.78, 5) is 21.1. The van der Waals surface area contributed by atoms with Crippen LogP contribution in [0.1, 0.15) is 33.0 Å². The van der Waals surface area contributed by atoms with Gasteiger partial charge in [-0.05, 0) is 37.3 Å². The number of sulfonamides is 1. The minimum absolute atomic E-state index is 0.123. The largest absolute Gasteiger partial charge is 0.328 e. The first kappa shape index (κ1) is 21.9. The fourth-order valence-electron chi connectivity index (χ4n) is 3.46. The van der Waals surface area contributed by atoms with E-state index in [0.717, 1.165) is 11.3 Å². The Hall–Kier alpha value is -2.78. The molecular formula is C21H27N5O3S. The van der Waals surface area contributed by atoms with E-state index >= 15 is 0 Å². The molecule has 0 aliphatic carbocycles. The molecule has 0 radical (unpaired) electrons. The van der Waals surface area contributed by atoms with Crippen LogP contribution in [0.5, 0.6) is 0 Å². The Morgan fingerprint density at radius 2 is 1.93 bits per heavy atom. The minimum Gasteiger partial charge on any atom is -0.328 e. The molecule has 0 aliphatic rings. The molecule has 1 N–H and O–H groups in total. The molecule has 30 heavy (non-hydrogen) atoms. The minimum atomic E-state index is -3.55. The highest BCUT2D eigenvalue weighted by molar-refractivity contribution is 7.89. The first-order valence-electron chi connectivity index (χ1n) is 10.1. The Labute approximate surface area is 177 Å². The van der Waals surface area contributed by atoms with E-state index in [0.29, 0.717) is 37.3 Å². The number of hydrogen-bond donors (Lipinski definition) is 1. The number of aromatic nitrogens is 3. The van der Waals surface area contributed by atoms with Crippen molar-refractivity contribution in [2.24, 2.45) is 0 Å². The summed E-state index contributed by atoms with van der Waals surface area (Å²) < 4.78 is 29.1. The van der Waals surface area contributed by atoms with Crippen LogP contribution < -0.4 is 5.32 Å². The Balaban J connectivity index is 1.83. The van der Waals surface area contributed by atoms with E-state index in [2.05, 4.69) is 15.3 Å². The number of nitrogens with zero attached hydrogens (tertiary/aromatic N) is 4. The van der Waals surface area contributed by atoms with Gasteiger partial charge in [-0.25, -0.2) is 13.4 Å². The van der Waals surface area contributed by atoms with Gasteiger partial charge in [0, 0.05) is 38.7 Å². The maximum atomic E-state index is 12.8. The molecule has 0 unspecified atom stereocenters. The monoisotopic (exact) mass is 429 g/mol. The third kappa shape index (κ3) is 4.52. The normalized spacial score (nSPS) is 11.9. The lowest BCUT2D eigenvalue weighted by Gasteiger charge is -2.18. The van der Waals surface area contributed by atoms with Crippen molar-refractivity contribution in [3.8, 4) is 0 Å². The van der Waals surface area contributed by atoms with Gasteiger partial charge in [0.05, 0.1) is 27.8 Å². The third-order valence-corrected chi connectivity index (χ3v) is 7.03. The van der Waals surface area contributed by atoms with Crippen molar-refractivity contribution in [3.63, 3.8) is 0 Å². The third-order valence-electron chi connectivity index (χ3n) is 4.98. The van der Waals surface area contributed by atoms with Crippen LogP contribution in [-0.2, 0) is 27.8 Å². The van der Waals surface area contributed by atoms with Crippen LogP contribution in [0.2, 0.25) is 0 Å². The van der Waals surface area contributed by atoms with E-state index in [4.69, 9.17) is 0 Å². The number of nitrogens with one attached hydrogen (secondary N) is 1. The Morgan fingerprint density at radius 1 is 1.17 bits per heavy atom. The summed E-state index contributed by atoms with van der Waals surface area (Å²) >= 11 is 0. The molecule has 0 fully saturated rings. The number of benzene rings is 1. The molecule has 160 valence electrons. The zero-order chi connectivity index (χ0) is 21.7. The molecule has 0 atom stereocenters. The summed E-state index contributed by atoms with van der Waals surface area (Å²) in [6, 6.07) is 8.58. The summed E-state index contributed by atoms with van der Waals surface area (Å²) in [7, 11) is -3.55. The van der Waals surface area contributed by atoms with Gasteiger partial charge in [0.15, 0.2) is 0 Å². The van der Waals surface area contributed by atoms with Crippen LogP contribution in [0.15, 0.2) is 47.6 Å². The quantitative estimate of drug-likeness (QED) is 0.564. The van der Waals surface area contributed by atoms with E-state index in [1.807, 2.05) is 25.3 Å². The van der Waals surface area contributed by atoms with Gasteiger partial charge in [0.2, 0.25) is 15.9 Å². The number of rotatable bonds is 9. The fraction of sp³-hybridized carbons (Fsp3) is 0.381. The van der Waals surface area contributed by atoms with Crippen molar-refractivity contribution < 1.29 is 13.2 Å². The van der Waals surface area contributed by atoms with Gasteiger partial charge in [-0.1, -0.05) is 13.8 Å². The van der Waals surface area contributed by atoms with E-state index in [1.165, 1.54) is 4.31 Å². The number of pyridine rings is 1. The molecule has 2 heterocycles. The van der Waals surface area contributed by atoms with Gasteiger partial charge >= 0.3 is 0 Å². The number of carbonyl (C=O) groups excluding carboxylic acids is 1. The van der Waals surface area contributed by atoms with Gasteiger partial charge in [0.25, 0.3) is 0 Å². The van der Waals surface area contributed by atoms with Crippen LogP contribution in [-0.4, -0.2) is 46.3 Å². The van der Waals surface area contributed by atoms with Crippen molar-refractivity contribution in [1.82, 2.24) is 18.8 Å². The molecular weight excluding hydrogens is 402 g/mol. The second kappa shape index (κ2) is 9.36. The fourth-order valence-corrected chi connectivity index (χ4v) is 4.94. The second-order valence-electron chi connectivity index (χ2n) is 6.80. The lowest BCUT2D eigenvalue weighted by atomic mass is 10.2. The zero-order valence-electron chi connectivity index (χ0n) is 17.5. The first-order chi connectivity index (χ1) is 14.4. The maximum Gasteiger partial charge on any atom is 0.243 e. The van der Waals surface area contributed by atoms with Crippen molar-refractivity contribution in [1.29, 1.82) is 0 Å². The molecule has 1 aromatic carbocycles. The van der Waals surface area contributed by atoms with Gasteiger partial charge < -0.3 is 9.88 Å². The van der Waals surface area contributed by atoms with Crippen LogP contribution >= 0.6 is 0 Å². The number of imidazole rings is 1. The molecule has 0 bridgehead atoms. The number of aryl methyl sites for hydroxylation is 2. The van der Waals surface area contributed by atoms with Crippen LogP contribution in [0.25, 0.3) is 11.0 Å². The van der Waals surface area contributed by atoms with Crippen molar-refractivity contribution in [3.05, 3.63) is 48.5 Å². The molecule has 0 saturated heterocycles. The predicted molar refractivity (Wildman–Crippen MR) is 117 cm³/mol. The maximum absolute atomic E-state index is 12.8. The molecule has 0 aliphatic heterocycles. The van der Waals surface area contributed by atoms with E-state index < -0.39 is 10.0 Å². The van der Waals surface area contributed by atoms with E-state index in [1.54, 1.807) is 42.7 Å².